The van der Waals surface area contributed by atoms with Crippen molar-refractivity contribution < 1.29 is 55.7 Å². The Morgan fingerprint density at radius 1 is 1.09 bits per heavy atom. The van der Waals surface area contributed by atoms with Crippen LogP contribution in [0.1, 0.15) is 18.9 Å². The van der Waals surface area contributed by atoms with Gasteiger partial charge in [-0.25, -0.2) is 9.59 Å². The number of ether oxygens (including phenoxy) is 1. The molecule has 0 aliphatic carbocycles. The van der Waals surface area contributed by atoms with E-state index in [1.54, 1.807) is 20.2 Å². The number of methoxy groups -OCH3 is 1. The SMILES string of the molecule is CO[C@H]1CCN(C(C)=O)[C@@H]2CN(Cc3cccnc3)C[C@H]12.O=C(O)C(F)(F)F.O=C(O)C(F)(F)F. The Kier molecular flexibility index (Phi) is 10.9. The highest BCUT2D eigenvalue weighted by molar-refractivity contribution is 5.74. The zero-order chi connectivity index (χ0) is 27.0. The van der Waals surface area contributed by atoms with Gasteiger partial charge in [-0.2, -0.15) is 26.3 Å². The monoisotopic (exact) mass is 517 g/mol. The van der Waals surface area contributed by atoms with Gasteiger partial charge in [0.15, 0.2) is 0 Å². The van der Waals surface area contributed by atoms with Crippen molar-refractivity contribution in [1.29, 1.82) is 0 Å². The zero-order valence-corrected chi connectivity index (χ0v) is 18.7. The van der Waals surface area contributed by atoms with Crippen molar-refractivity contribution in [2.24, 2.45) is 5.92 Å². The minimum absolute atomic E-state index is 0.183. The molecule has 0 aromatic carbocycles. The van der Waals surface area contributed by atoms with Crippen molar-refractivity contribution in [2.75, 3.05) is 26.7 Å². The van der Waals surface area contributed by atoms with Gasteiger partial charge in [0.1, 0.15) is 0 Å². The fraction of sp³-hybridized carbons (Fsp3) is 0.600. The Hall–Kier alpha value is -2.94. The predicted molar refractivity (Wildman–Crippen MR) is 107 cm³/mol. The highest BCUT2D eigenvalue weighted by Gasteiger charge is 2.45. The van der Waals surface area contributed by atoms with Crippen LogP contribution in [0.15, 0.2) is 24.5 Å². The van der Waals surface area contributed by atoms with E-state index in [9.17, 15) is 31.1 Å². The molecule has 2 fully saturated rings. The number of amides is 1. The van der Waals surface area contributed by atoms with Crippen LogP contribution in [0.3, 0.4) is 0 Å². The van der Waals surface area contributed by atoms with Gasteiger partial charge < -0.3 is 19.8 Å². The molecule has 0 radical (unpaired) electrons. The maximum atomic E-state index is 11.9. The lowest BCUT2D eigenvalue weighted by molar-refractivity contribution is -0.193. The van der Waals surface area contributed by atoms with Gasteiger partial charge >= 0.3 is 24.3 Å². The number of nitrogens with zero attached hydrogens (tertiary/aromatic N) is 3. The summed E-state index contributed by atoms with van der Waals surface area (Å²) in [4.78, 5) is 38.3. The first kappa shape index (κ1) is 30.1. The zero-order valence-electron chi connectivity index (χ0n) is 18.7. The summed E-state index contributed by atoms with van der Waals surface area (Å²) in [5.74, 6) is -4.91. The molecule has 2 N–H and O–H groups in total. The standard InChI is InChI=1S/C16H23N3O2.2C2HF3O2/c1-12(20)19-7-5-16(21-2)14-10-18(11-15(14)19)9-13-4-3-6-17-8-13;2*3-2(4,5)1(6)7/h3-4,6,8,14-16H,5,7,9-11H2,1-2H3;2*(H,6,7)/t14-,15+,16-;;/m0../s1. The molecule has 35 heavy (non-hydrogen) atoms. The molecule has 0 spiro atoms. The minimum Gasteiger partial charge on any atom is -0.475 e. The lowest BCUT2D eigenvalue weighted by Crippen LogP contribution is -2.52. The lowest BCUT2D eigenvalue weighted by atomic mass is 9.89. The fourth-order valence-electron chi connectivity index (χ4n) is 3.80. The number of alkyl halides is 6. The number of hydrogen-bond acceptors (Lipinski definition) is 6. The van der Waals surface area contributed by atoms with E-state index in [-0.39, 0.29) is 18.1 Å². The van der Waals surface area contributed by atoms with Gasteiger partial charge in [-0.3, -0.25) is 14.7 Å². The largest absolute Gasteiger partial charge is 0.490 e. The molecule has 1 aromatic heterocycles. The van der Waals surface area contributed by atoms with Crippen LogP contribution in [0.4, 0.5) is 26.3 Å². The summed E-state index contributed by atoms with van der Waals surface area (Å²) >= 11 is 0. The lowest BCUT2D eigenvalue weighted by Gasteiger charge is -2.40. The Morgan fingerprint density at radius 2 is 1.63 bits per heavy atom. The number of rotatable bonds is 3. The molecule has 3 atom stereocenters. The van der Waals surface area contributed by atoms with Crippen molar-refractivity contribution in [3.8, 4) is 0 Å². The Bertz CT molecular complexity index is 828. The van der Waals surface area contributed by atoms with E-state index in [2.05, 4.69) is 16.0 Å². The topological polar surface area (TPSA) is 120 Å². The third-order valence-corrected chi connectivity index (χ3v) is 5.26. The van der Waals surface area contributed by atoms with E-state index >= 15 is 0 Å². The van der Waals surface area contributed by atoms with Crippen LogP contribution in [0.25, 0.3) is 0 Å². The molecule has 2 aliphatic heterocycles. The maximum Gasteiger partial charge on any atom is 0.490 e. The number of aromatic nitrogens is 1. The number of piperidine rings is 1. The molecule has 1 amide bonds. The highest BCUT2D eigenvalue weighted by Crippen LogP contribution is 2.33. The molecular formula is C20H25F6N3O6. The van der Waals surface area contributed by atoms with E-state index in [0.29, 0.717) is 5.92 Å². The smallest absolute Gasteiger partial charge is 0.475 e. The number of carbonyl (C=O) groups is 3. The summed E-state index contributed by atoms with van der Waals surface area (Å²) < 4.78 is 69.1. The van der Waals surface area contributed by atoms with Gasteiger partial charge in [-0.15, -0.1) is 0 Å². The first-order valence-electron chi connectivity index (χ1n) is 10.1. The second-order valence-corrected chi connectivity index (χ2v) is 7.67. The maximum absolute atomic E-state index is 11.9. The Labute approximate surface area is 196 Å². The van der Waals surface area contributed by atoms with Crippen LogP contribution >= 0.6 is 0 Å². The molecule has 0 unspecified atom stereocenters. The van der Waals surface area contributed by atoms with Crippen molar-refractivity contribution in [3.05, 3.63) is 30.1 Å². The summed E-state index contributed by atoms with van der Waals surface area (Å²) in [7, 11) is 1.79. The van der Waals surface area contributed by atoms with Gasteiger partial charge in [0.25, 0.3) is 0 Å². The molecule has 15 heteroatoms. The van der Waals surface area contributed by atoms with E-state index in [4.69, 9.17) is 24.5 Å². The third-order valence-electron chi connectivity index (χ3n) is 5.26. The number of pyridine rings is 1. The molecule has 0 bridgehead atoms. The van der Waals surface area contributed by atoms with Gasteiger partial charge in [0.2, 0.25) is 5.91 Å². The molecule has 9 nitrogen and oxygen atoms in total. The van der Waals surface area contributed by atoms with Crippen LogP contribution in [0.5, 0.6) is 0 Å². The third kappa shape index (κ3) is 9.68. The number of aliphatic carboxylic acids is 2. The van der Waals surface area contributed by atoms with Gasteiger partial charge in [0, 0.05) is 58.5 Å². The summed E-state index contributed by atoms with van der Waals surface area (Å²) in [6.45, 7) is 5.30. The average Bonchev–Trinajstić information content (AvgIpc) is 3.16. The normalized spacial score (nSPS) is 22.2. The summed E-state index contributed by atoms with van der Waals surface area (Å²) in [6, 6.07) is 4.36. The van der Waals surface area contributed by atoms with Crippen LogP contribution in [0, 0.1) is 5.92 Å². The highest BCUT2D eigenvalue weighted by atomic mass is 19.4. The van der Waals surface area contributed by atoms with Gasteiger partial charge in [0.05, 0.1) is 12.1 Å². The summed E-state index contributed by atoms with van der Waals surface area (Å²) in [5.41, 5.74) is 1.22. The number of carbonyl (C=O) groups excluding carboxylic acids is 1. The van der Waals surface area contributed by atoms with Crippen molar-refractivity contribution in [3.63, 3.8) is 0 Å². The second-order valence-electron chi connectivity index (χ2n) is 7.67. The van der Waals surface area contributed by atoms with Crippen LogP contribution < -0.4 is 0 Å². The van der Waals surface area contributed by atoms with E-state index < -0.39 is 24.3 Å². The van der Waals surface area contributed by atoms with Crippen molar-refractivity contribution in [1.82, 2.24) is 14.8 Å². The Morgan fingerprint density at radius 3 is 2.03 bits per heavy atom. The number of carboxylic acids is 2. The predicted octanol–water partition coefficient (Wildman–Crippen LogP) is 2.42. The average molecular weight is 517 g/mol. The van der Waals surface area contributed by atoms with Gasteiger partial charge in [-0.05, 0) is 18.1 Å². The molecule has 3 rings (SSSR count). The molecule has 0 saturated carbocycles. The first-order chi connectivity index (χ1) is 16.1. The van der Waals surface area contributed by atoms with E-state index in [1.807, 2.05) is 17.2 Å². The van der Waals surface area contributed by atoms with Crippen LogP contribution in [0.2, 0.25) is 0 Å². The number of carboxylic acid groups (broad SMARTS) is 2. The first-order valence-corrected chi connectivity index (χ1v) is 10.1. The molecular weight excluding hydrogens is 492 g/mol. The van der Waals surface area contributed by atoms with E-state index in [0.717, 1.165) is 32.6 Å². The molecule has 198 valence electrons. The van der Waals surface area contributed by atoms with E-state index in [1.165, 1.54) is 5.56 Å². The number of fused-ring (bicyclic) bond motifs is 1. The summed E-state index contributed by atoms with van der Waals surface area (Å²) in [5, 5.41) is 14.2. The van der Waals surface area contributed by atoms with Crippen molar-refractivity contribution >= 4 is 17.8 Å². The minimum atomic E-state index is -5.08. The fourth-order valence-corrected chi connectivity index (χ4v) is 3.80. The van der Waals surface area contributed by atoms with Crippen molar-refractivity contribution in [2.45, 2.75) is 44.4 Å². The molecule has 2 saturated heterocycles. The number of hydrogen-bond donors (Lipinski definition) is 2. The number of halogens is 6. The quantitative estimate of drug-likeness (QED) is 0.587. The summed E-state index contributed by atoms with van der Waals surface area (Å²) in [6.07, 6.45) is -5.24. The molecule has 1 aromatic rings. The van der Waals surface area contributed by atoms with Gasteiger partial charge in [-0.1, -0.05) is 6.07 Å². The van der Waals surface area contributed by atoms with Crippen LogP contribution in [-0.2, 0) is 25.7 Å². The molecule has 2 aliphatic rings. The number of likely N-dealkylation sites (tertiary alicyclic amines) is 2. The second kappa shape index (κ2) is 12.7. The molecule has 3 heterocycles. The van der Waals surface area contributed by atoms with Crippen LogP contribution in [-0.4, -0.2) is 94.1 Å². The Balaban J connectivity index is 0.000000362.